The highest BCUT2D eigenvalue weighted by Gasteiger charge is 2.51. The van der Waals surface area contributed by atoms with Crippen LogP contribution in [0.2, 0.25) is 5.02 Å². The maximum absolute atomic E-state index is 12.8. The number of aromatic amines is 1. The number of rotatable bonds is 2. The minimum absolute atomic E-state index is 0.106. The second-order valence-corrected chi connectivity index (χ2v) is 8.81. The predicted octanol–water partition coefficient (Wildman–Crippen LogP) is 2.70. The zero-order valence-corrected chi connectivity index (χ0v) is 15.9. The van der Waals surface area contributed by atoms with Gasteiger partial charge in [0.1, 0.15) is 0 Å². The Kier molecular flexibility index (Phi) is 4.18. The number of likely N-dealkylation sites (tertiary alicyclic amines) is 1. The van der Waals surface area contributed by atoms with Crippen molar-refractivity contribution in [2.45, 2.75) is 31.3 Å². The molecule has 1 aliphatic carbocycles. The molecule has 27 heavy (non-hydrogen) atoms. The van der Waals surface area contributed by atoms with Crippen LogP contribution in [0.25, 0.3) is 10.9 Å². The molecule has 2 aromatic rings. The standard InChI is InChI=1S/C20H24ClN3O3/c21-15-5-17(16-9-22-23-18(16)6-15)20(26)7-13-10-24(11-14(13)8-20)19(25)12-1-3-27-4-2-12/h5-6,9,12-14,26H,1-4,7-8,10-11H2,(H,22,23)/t13-,14+,20-. The molecule has 0 bridgehead atoms. The molecule has 3 heterocycles. The number of benzene rings is 1. The molecule has 5 rings (SSSR count). The lowest BCUT2D eigenvalue weighted by atomic mass is 9.88. The van der Waals surface area contributed by atoms with E-state index in [-0.39, 0.29) is 11.8 Å². The fourth-order valence-electron chi connectivity index (χ4n) is 5.36. The molecule has 7 heteroatoms. The largest absolute Gasteiger partial charge is 0.385 e. The molecule has 3 fully saturated rings. The van der Waals surface area contributed by atoms with E-state index in [2.05, 4.69) is 10.2 Å². The van der Waals surface area contributed by atoms with Crippen molar-refractivity contribution in [2.75, 3.05) is 26.3 Å². The number of halogens is 1. The molecular weight excluding hydrogens is 366 g/mol. The van der Waals surface area contributed by atoms with Gasteiger partial charge in [-0.1, -0.05) is 11.6 Å². The molecule has 1 aromatic carbocycles. The third-order valence-corrected chi connectivity index (χ3v) is 6.90. The molecule has 6 nitrogen and oxygen atoms in total. The van der Waals surface area contributed by atoms with Gasteiger partial charge in [-0.15, -0.1) is 0 Å². The summed E-state index contributed by atoms with van der Waals surface area (Å²) in [7, 11) is 0. The lowest BCUT2D eigenvalue weighted by Gasteiger charge is -2.29. The summed E-state index contributed by atoms with van der Waals surface area (Å²) < 4.78 is 5.38. The summed E-state index contributed by atoms with van der Waals surface area (Å²) in [5.74, 6) is 1.05. The quantitative estimate of drug-likeness (QED) is 0.827. The number of aromatic nitrogens is 2. The van der Waals surface area contributed by atoms with E-state index in [1.54, 1.807) is 6.20 Å². The number of fused-ring (bicyclic) bond motifs is 2. The van der Waals surface area contributed by atoms with Crippen molar-refractivity contribution < 1.29 is 14.6 Å². The van der Waals surface area contributed by atoms with Crippen LogP contribution < -0.4 is 0 Å². The minimum Gasteiger partial charge on any atom is -0.385 e. The van der Waals surface area contributed by atoms with Crippen molar-refractivity contribution in [1.29, 1.82) is 0 Å². The maximum atomic E-state index is 12.8. The maximum Gasteiger partial charge on any atom is 0.225 e. The molecule has 1 saturated carbocycles. The van der Waals surface area contributed by atoms with E-state index in [9.17, 15) is 9.90 Å². The van der Waals surface area contributed by atoms with Gasteiger partial charge in [0.25, 0.3) is 0 Å². The molecule has 1 amide bonds. The molecular formula is C20H24ClN3O3. The van der Waals surface area contributed by atoms with E-state index in [0.717, 1.165) is 42.4 Å². The molecule has 2 aliphatic heterocycles. The number of hydrogen-bond acceptors (Lipinski definition) is 4. The van der Waals surface area contributed by atoms with Gasteiger partial charge in [0, 0.05) is 42.6 Å². The molecule has 0 radical (unpaired) electrons. The summed E-state index contributed by atoms with van der Waals surface area (Å²) in [5.41, 5.74) is 0.797. The molecule has 0 spiro atoms. The SMILES string of the molecule is O=C(C1CCOCC1)N1C[C@@H]2C[C@@](O)(c3cc(Cl)cc4[nH]ncc34)C[C@@H]2C1. The lowest BCUT2D eigenvalue weighted by molar-refractivity contribution is -0.138. The number of carbonyl (C=O) groups excluding carboxylic acids is 1. The Labute approximate surface area is 162 Å². The highest BCUT2D eigenvalue weighted by Crippen LogP contribution is 2.50. The first-order chi connectivity index (χ1) is 13.0. The Balaban J connectivity index is 1.34. The van der Waals surface area contributed by atoms with Gasteiger partial charge in [-0.25, -0.2) is 0 Å². The molecule has 3 aliphatic rings. The number of aliphatic hydroxyl groups is 1. The first-order valence-electron chi connectivity index (χ1n) is 9.75. The molecule has 3 atom stereocenters. The van der Waals surface area contributed by atoms with Crippen molar-refractivity contribution >= 4 is 28.4 Å². The summed E-state index contributed by atoms with van der Waals surface area (Å²) in [6.45, 7) is 2.87. The Hall–Kier alpha value is -1.63. The average Bonchev–Trinajstić information content (AvgIpc) is 3.34. The zero-order valence-electron chi connectivity index (χ0n) is 15.2. The van der Waals surface area contributed by atoms with Gasteiger partial charge < -0.3 is 14.7 Å². The van der Waals surface area contributed by atoms with Gasteiger partial charge in [0.2, 0.25) is 5.91 Å². The number of ether oxygens (including phenoxy) is 1. The van der Waals surface area contributed by atoms with Crippen LogP contribution in [0, 0.1) is 17.8 Å². The molecule has 2 saturated heterocycles. The molecule has 0 unspecified atom stereocenters. The third-order valence-electron chi connectivity index (χ3n) is 6.68. The van der Waals surface area contributed by atoms with Crippen LogP contribution in [0.15, 0.2) is 18.3 Å². The van der Waals surface area contributed by atoms with E-state index < -0.39 is 5.60 Å². The predicted molar refractivity (Wildman–Crippen MR) is 101 cm³/mol. The van der Waals surface area contributed by atoms with Crippen LogP contribution in [0.1, 0.15) is 31.2 Å². The second-order valence-electron chi connectivity index (χ2n) is 8.37. The fraction of sp³-hybridized carbons (Fsp3) is 0.600. The van der Waals surface area contributed by atoms with E-state index in [1.807, 2.05) is 17.0 Å². The number of nitrogens with zero attached hydrogens (tertiary/aromatic N) is 2. The summed E-state index contributed by atoms with van der Waals surface area (Å²) in [6, 6.07) is 3.70. The highest BCUT2D eigenvalue weighted by molar-refractivity contribution is 6.31. The molecule has 2 N–H and O–H groups in total. The van der Waals surface area contributed by atoms with Crippen LogP contribution in [0.3, 0.4) is 0 Å². The van der Waals surface area contributed by atoms with Gasteiger partial charge in [0.15, 0.2) is 0 Å². The minimum atomic E-state index is -0.907. The summed E-state index contributed by atoms with van der Waals surface area (Å²) >= 11 is 6.27. The lowest BCUT2D eigenvalue weighted by Crippen LogP contribution is -2.38. The highest BCUT2D eigenvalue weighted by atomic mass is 35.5. The van der Waals surface area contributed by atoms with Gasteiger partial charge in [-0.2, -0.15) is 5.10 Å². The normalized spacial score (nSPS) is 31.6. The number of amides is 1. The van der Waals surface area contributed by atoms with Crippen LogP contribution in [0.5, 0.6) is 0 Å². The summed E-state index contributed by atoms with van der Waals surface area (Å²) in [5, 5.41) is 20.0. The first-order valence-corrected chi connectivity index (χ1v) is 10.1. The molecule has 1 aromatic heterocycles. The van der Waals surface area contributed by atoms with Crippen LogP contribution in [-0.2, 0) is 15.1 Å². The van der Waals surface area contributed by atoms with Gasteiger partial charge in [0.05, 0.1) is 17.3 Å². The van der Waals surface area contributed by atoms with E-state index in [0.29, 0.717) is 42.9 Å². The average molecular weight is 390 g/mol. The van der Waals surface area contributed by atoms with Crippen molar-refractivity contribution in [3.8, 4) is 0 Å². The van der Waals surface area contributed by atoms with Crippen molar-refractivity contribution in [3.63, 3.8) is 0 Å². The molecule has 144 valence electrons. The monoisotopic (exact) mass is 389 g/mol. The van der Waals surface area contributed by atoms with Crippen molar-refractivity contribution in [2.24, 2.45) is 17.8 Å². The Morgan fingerprint density at radius 3 is 2.67 bits per heavy atom. The zero-order chi connectivity index (χ0) is 18.6. The smallest absolute Gasteiger partial charge is 0.225 e. The third kappa shape index (κ3) is 2.94. The van der Waals surface area contributed by atoms with Crippen LogP contribution >= 0.6 is 11.6 Å². The first kappa shape index (κ1) is 17.5. The van der Waals surface area contributed by atoms with Gasteiger partial charge >= 0.3 is 0 Å². The number of H-pyrrole nitrogens is 1. The fourth-order valence-corrected chi connectivity index (χ4v) is 5.57. The number of carbonyl (C=O) groups is 1. The summed E-state index contributed by atoms with van der Waals surface area (Å²) in [6.07, 6.45) is 4.74. The van der Waals surface area contributed by atoms with Gasteiger partial charge in [-0.05, 0) is 55.2 Å². The van der Waals surface area contributed by atoms with E-state index in [4.69, 9.17) is 16.3 Å². The Morgan fingerprint density at radius 1 is 1.26 bits per heavy atom. The second kappa shape index (κ2) is 6.47. The van der Waals surface area contributed by atoms with E-state index >= 15 is 0 Å². The van der Waals surface area contributed by atoms with Gasteiger partial charge in [-0.3, -0.25) is 9.89 Å². The van der Waals surface area contributed by atoms with Crippen molar-refractivity contribution in [3.05, 3.63) is 28.9 Å². The Bertz CT molecular complexity index is 862. The number of hydrogen-bond donors (Lipinski definition) is 2. The van der Waals surface area contributed by atoms with E-state index in [1.165, 1.54) is 0 Å². The Morgan fingerprint density at radius 2 is 1.96 bits per heavy atom. The number of nitrogens with one attached hydrogen (secondary N) is 1. The summed E-state index contributed by atoms with van der Waals surface area (Å²) in [4.78, 5) is 14.8. The van der Waals surface area contributed by atoms with Crippen LogP contribution in [0.4, 0.5) is 0 Å². The van der Waals surface area contributed by atoms with Crippen LogP contribution in [-0.4, -0.2) is 52.4 Å². The topological polar surface area (TPSA) is 78.5 Å². The van der Waals surface area contributed by atoms with Crippen molar-refractivity contribution in [1.82, 2.24) is 15.1 Å².